The molecule has 2 aromatic carbocycles. The van der Waals surface area contributed by atoms with Gasteiger partial charge in [0, 0.05) is 18.0 Å². The van der Waals surface area contributed by atoms with Crippen molar-refractivity contribution in [3.63, 3.8) is 0 Å². The standard InChI is InChI=1S/C22H18F3NO5/c1-29-17-7-6-12(8-18(17)30-2)15-10-19(27)26(16-11-31-21(28)20(15)16)14-5-3-4-13(9-14)22(23,24)25/h3-9,15H,10-11H2,1-2H3/t15-/m0/s1. The number of nitrogens with zero attached hydrogens (tertiary/aromatic N) is 1. The molecule has 0 spiro atoms. The maximum absolute atomic E-state index is 13.2. The van der Waals surface area contributed by atoms with Gasteiger partial charge in [0.2, 0.25) is 5.91 Å². The first kappa shape index (κ1) is 20.8. The van der Waals surface area contributed by atoms with Crippen molar-refractivity contribution in [1.82, 2.24) is 0 Å². The van der Waals surface area contributed by atoms with Crippen LogP contribution in [0, 0.1) is 0 Å². The first-order valence-corrected chi connectivity index (χ1v) is 9.37. The molecule has 0 saturated carbocycles. The molecule has 2 aromatic rings. The molecule has 2 aliphatic heterocycles. The molecule has 6 nitrogen and oxygen atoms in total. The second-order valence-electron chi connectivity index (χ2n) is 7.08. The van der Waals surface area contributed by atoms with Crippen LogP contribution in [-0.2, 0) is 20.5 Å². The summed E-state index contributed by atoms with van der Waals surface area (Å²) in [6, 6.07) is 9.50. The van der Waals surface area contributed by atoms with Crippen molar-refractivity contribution in [1.29, 1.82) is 0 Å². The average molecular weight is 433 g/mol. The van der Waals surface area contributed by atoms with Crippen LogP contribution in [-0.4, -0.2) is 32.7 Å². The van der Waals surface area contributed by atoms with Crippen LogP contribution in [0.5, 0.6) is 11.5 Å². The normalized spacial score (nSPS) is 18.7. The number of carbonyl (C=O) groups excluding carboxylic acids is 2. The van der Waals surface area contributed by atoms with Crippen LogP contribution in [0.25, 0.3) is 0 Å². The third kappa shape index (κ3) is 3.60. The number of halogens is 3. The fourth-order valence-corrected chi connectivity index (χ4v) is 3.93. The van der Waals surface area contributed by atoms with Gasteiger partial charge in [0.05, 0.1) is 31.1 Å². The minimum Gasteiger partial charge on any atom is -0.493 e. The molecule has 4 rings (SSSR count). The Balaban J connectivity index is 1.80. The maximum atomic E-state index is 13.2. The molecule has 1 atom stereocenters. The van der Waals surface area contributed by atoms with Gasteiger partial charge < -0.3 is 14.2 Å². The highest BCUT2D eigenvalue weighted by atomic mass is 19.4. The summed E-state index contributed by atoms with van der Waals surface area (Å²) in [4.78, 5) is 26.7. The van der Waals surface area contributed by atoms with Crippen LogP contribution >= 0.6 is 0 Å². The van der Waals surface area contributed by atoms with Gasteiger partial charge >= 0.3 is 12.1 Å². The largest absolute Gasteiger partial charge is 0.493 e. The molecule has 9 heteroatoms. The number of cyclic esters (lactones) is 1. The van der Waals surface area contributed by atoms with Gasteiger partial charge in [-0.05, 0) is 35.9 Å². The number of hydrogen-bond acceptors (Lipinski definition) is 5. The quantitative estimate of drug-likeness (QED) is 0.681. The molecule has 0 aromatic heterocycles. The van der Waals surface area contributed by atoms with Crippen LogP contribution in [0.2, 0.25) is 0 Å². The molecule has 0 fully saturated rings. The molecule has 0 unspecified atom stereocenters. The fourth-order valence-electron chi connectivity index (χ4n) is 3.93. The van der Waals surface area contributed by atoms with E-state index in [1.165, 1.54) is 26.4 Å². The van der Waals surface area contributed by atoms with Crippen molar-refractivity contribution < 1.29 is 37.0 Å². The summed E-state index contributed by atoms with van der Waals surface area (Å²) in [5.41, 5.74) is 0.300. The number of methoxy groups -OCH3 is 2. The van der Waals surface area contributed by atoms with Crippen LogP contribution in [0.1, 0.15) is 23.5 Å². The van der Waals surface area contributed by atoms with E-state index in [2.05, 4.69) is 0 Å². The van der Waals surface area contributed by atoms with E-state index in [1.54, 1.807) is 18.2 Å². The van der Waals surface area contributed by atoms with Crippen LogP contribution in [0.3, 0.4) is 0 Å². The number of anilines is 1. The fraction of sp³-hybridized carbons (Fsp3) is 0.273. The highest BCUT2D eigenvalue weighted by Crippen LogP contribution is 2.44. The van der Waals surface area contributed by atoms with Gasteiger partial charge in [0.1, 0.15) is 6.61 Å². The van der Waals surface area contributed by atoms with Crippen molar-refractivity contribution in [2.45, 2.75) is 18.5 Å². The summed E-state index contributed by atoms with van der Waals surface area (Å²) in [7, 11) is 2.96. The molecular weight excluding hydrogens is 415 g/mol. The Kier molecular flexibility index (Phi) is 5.12. The summed E-state index contributed by atoms with van der Waals surface area (Å²) >= 11 is 0. The number of alkyl halides is 3. The smallest absolute Gasteiger partial charge is 0.416 e. The molecule has 0 aliphatic carbocycles. The SMILES string of the molecule is COc1ccc([C@@H]2CC(=O)N(c3cccc(C(F)(F)F)c3)C3=C2C(=O)OC3)cc1OC. The van der Waals surface area contributed by atoms with Crippen molar-refractivity contribution in [3.05, 3.63) is 64.9 Å². The molecule has 0 bridgehead atoms. The van der Waals surface area contributed by atoms with E-state index in [9.17, 15) is 22.8 Å². The second-order valence-corrected chi connectivity index (χ2v) is 7.08. The Morgan fingerprint density at radius 1 is 1.03 bits per heavy atom. The zero-order valence-electron chi connectivity index (χ0n) is 16.7. The predicted octanol–water partition coefficient (Wildman–Crippen LogP) is 4.05. The molecule has 0 N–H and O–H groups in total. The van der Waals surface area contributed by atoms with Gasteiger partial charge in [-0.15, -0.1) is 0 Å². The van der Waals surface area contributed by atoms with E-state index in [4.69, 9.17) is 14.2 Å². The lowest BCUT2D eigenvalue weighted by Gasteiger charge is -2.32. The molecule has 2 heterocycles. The van der Waals surface area contributed by atoms with Gasteiger partial charge in [-0.25, -0.2) is 4.79 Å². The van der Waals surface area contributed by atoms with E-state index in [1.807, 2.05) is 0 Å². The second kappa shape index (κ2) is 7.64. The van der Waals surface area contributed by atoms with Gasteiger partial charge in [0.15, 0.2) is 11.5 Å². The van der Waals surface area contributed by atoms with Crippen molar-refractivity contribution in [3.8, 4) is 11.5 Å². The lowest BCUT2D eigenvalue weighted by molar-refractivity contribution is -0.138. The molecule has 0 saturated heterocycles. The monoisotopic (exact) mass is 433 g/mol. The average Bonchev–Trinajstić information content (AvgIpc) is 3.13. The number of carbonyl (C=O) groups is 2. The zero-order chi connectivity index (χ0) is 22.3. The van der Waals surface area contributed by atoms with Gasteiger partial charge in [-0.2, -0.15) is 13.2 Å². The minimum absolute atomic E-state index is 0.0383. The van der Waals surface area contributed by atoms with Crippen molar-refractivity contribution in [2.24, 2.45) is 0 Å². The number of hydrogen-bond donors (Lipinski definition) is 0. The Bertz CT molecular complexity index is 1090. The molecule has 1 amide bonds. The van der Waals surface area contributed by atoms with E-state index >= 15 is 0 Å². The lowest BCUT2D eigenvalue weighted by atomic mass is 9.84. The third-order valence-electron chi connectivity index (χ3n) is 5.36. The molecule has 2 aliphatic rings. The Hall–Kier alpha value is -3.49. The minimum atomic E-state index is -4.56. The van der Waals surface area contributed by atoms with E-state index in [0.29, 0.717) is 17.1 Å². The zero-order valence-corrected chi connectivity index (χ0v) is 16.7. The molecule has 162 valence electrons. The van der Waals surface area contributed by atoms with Gasteiger partial charge in [-0.1, -0.05) is 12.1 Å². The number of amides is 1. The number of rotatable bonds is 4. The Morgan fingerprint density at radius 3 is 2.45 bits per heavy atom. The molecule has 0 radical (unpaired) electrons. The van der Waals surface area contributed by atoms with Gasteiger partial charge in [-0.3, -0.25) is 9.69 Å². The van der Waals surface area contributed by atoms with E-state index in [-0.39, 0.29) is 30.0 Å². The summed E-state index contributed by atoms with van der Waals surface area (Å²) in [5.74, 6) is -0.724. The summed E-state index contributed by atoms with van der Waals surface area (Å²) < 4.78 is 55.2. The maximum Gasteiger partial charge on any atom is 0.416 e. The Morgan fingerprint density at radius 2 is 1.77 bits per heavy atom. The number of esters is 1. The highest BCUT2D eigenvalue weighted by molar-refractivity contribution is 6.06. The predicted molar refractivity (Wildman–Crippen MR) is 104 cm³/mol. The lowest BCUT2D eigenvalue weighted by Crippen LogP contribution is -2.37. The van der Waals surface area contributed by atoms with Crippen LogP contribution in [0.4, 0.5) is 18.9 Å². The highest BCUT2D eigenvalue weighted by Gasteiger charge is 2.43. The number of benzene rings is 2. The summed E-state index contributed by atoms with van der Waals surface area (Å²) in [6.45, 7) is -0.195. The van der Waals surface area contributed by atoms with Crippen LogP contribution < -0.4 is 14.4 Å². The first-order chi connectivity index (χ1) is 14.7. The Labute approximate surface area is 175 Å². The number of ether oxygens (including phenoxy) is 3. The van der Waals surface area contributed by atoms with Crippen LogP contribution in [0.15, 0.2) is 53.7 Å². The molecule has 31 heavy (non-hydrogen) atoms. The topological polar surface area (TPSA) is 65.1 Å². The molecular formula is C22H18F3NO5. The van der Waals surface area contributed by atoms with E-state index < -0.39 is 29.5 Å². The van der Waals surface area contributed by atoms with E-state index in [0.717, 1.165) is 17.0 Å². The van der Waals surface area contributed by atoms with Crippen molar-refractivity contribution >= 4 is 17.6 Å². The van der Waals surface area contributed by atoms with Crippen molar-refractivity contribution in [2.75, 3.05) is 25.7 Å². The first-order valence-electron chi connectivity index (χ1n) is 9.37. The van der Waals surface area contributed by atoms with Gasteiger partial charge in [0.25, 0.3) is 0 Å². The summed E-state index contributed by atoms with van der Waals surface area (Å²) in [5, 5.41) is 0. The third-order valence-corrected chi connectivity index (χ3v) is 5.36. The summed E-state index contributed by atoms with van der Waals surface area (Å²) in [6.07, 6.45) is -4.67.